The SMILES string of the molecule is CC1(c2ccc(Cl)cc2)NC(=O)N(Cc2cccc3ccccc23)C1=O. The van der Waals surface area contributed by atoms with Crippen molar-refractivity contribution in [1.29, 1.82) is 0 Å². The molecule has 1 aliphatic rings. The lowest BCUT2D eigenvalue weighted by molar-refractivity contribution is -0.131. The number of rotatable bonds is 3. The Balaban J connectivity index is 1.68. The van der Waals surface area contributed by atoms with E-state index in [1.807, 2.05) is 42.5 Å². The first-order valence-electron chi connectivity index (χ1n) is 8.36. The lowest BCUT2D eigenvalue weighted by atomic mass is 9.92. The van der Waals surface area contributed by atoms with Crippen molar-refractivity contribution in [3.05, 3.63) is 82.9 Å². The zero-order chi connectivity index (χ0) is 18.3. The van der Waals surface area contributed by atoms with Crippen molar-refractivity contribution >= 4 is 34.3 Å². The smallest absolute Gasteiger partial charge is 0.319 e. The van der Waals surface area contributed by atoms with Crippen LogP contribution < -0.4 is 5.32 Å². The molecular weight excluding hydrogens is 348 g/mol. The molecule has 130 valence electrons. The Hall–Kier alpha value is -2.85. The van der Waals surface area contributed by atoms with Crippen LogP contribution in [0.2, 0.25) is 5.02 Å². The second-order valence-electron chi connectivity index (χ2n) is 6.59. The highest BCUT2D eigenvalue weighted by atomic mass is 35.5. The molecule has 26 heavy (non-hydrogen) atoms. The third kappa shape index (κ3) is 2.63. The maximum Gasteiger partial charge on any atom is 0.325 e. The average Bonchev–Trinajstić information content (AvgIpc) is 2.86. The summed E-state index contributed by atoms with van der Waals surface area (Å²) in [4.78, 5) is 26.9. The third-order valence-corrected chi connectivity index (χ3v) is 5.16. The zero-order valence-electron chi connectivity index (χ0n) is 14.2. The van der Waals surface area contributed by atoms with Gasteiger partial charge < -0.3 is 5.32 Å². The van der Waals surface area contributed by atoms with Crippen LogP contribution in [0, 0.1) is 0 Å². The van der Waals surface area contributed by atoms with E-state index in [0.29, 0.717) is 10.6 Å². The number of hydrogen-bond donors (Lipinski definition) is 1. The van der Waals surface area contributed by atoms with E-state index in [2.05, 4.69) is 5.32 Å². The molecule has 4 nitrogen and oxygen atoms in total. The van der Waals surface area contributed by atoms with Crippen LogP contribution in [-0.4, -0.2) is 16.8 Å². The van der Waals surface area contributed by atoms with E-state index in [0.717, 1.165) is 16.3 Å². The van der Waals surface area contributed by atoms with Gasteiger partial charge in [0.1, 0.15) is 5.54 Å². The van der Waals surface area contributed by atoms with Crippen LogP contribution >= 0.6 is 11.6 Å². The molecule has 1 heterocycles. The van der Waals surface area contributed by atoms with Gasteiger partial charge in [0.15, 0.2) is 0 Å². The average molecular weight is 365 g/mol. The van der Waals surface area contributed by atoms with Crippen molar-refractivity contribution in [3.63, 3.8) is 0 Å². The fourth-order valence-corrected chi connectivity index (χ4v) is 3.55. The van der Waals surface area contributed by atoms with E-state index in [-0.39, 0.29) is 18.5 Å². The van der Waals surface area contributed by atoms with E-state index < -0.39 is 5.54 Å². The van der Waals surface area contributed by atoms with E-state index in [9.17, 15) is 9.59 Å². The Morgan fingerprint density at radius 2 is 1.65 bits per heavy atom. The zero-order valence-corrected chi connectivity index (χ0v) is 15.0. The summed E-state index contributed by atoms with van der Waals surface area (Å²) in [5.74, 6) is -0.266. The van der Waals surface area contributed by atoms with Gasteiger partial charge >= 0.3 is 6.03 Å². The number of amides is 3. The molecule has 5 heteroatoms. The number of halogens is 1. The van der Waals surface area contributed by atoms with Gasteiger partial charge in [0, 0.05) is 5.02 Å². The lowest BCUT2D eigenvalue weighted by Crippen LogP contribution is -2.40. The van der Waals surface area contributed by atoms with Gasteiger partial charge in [-0.05, 0) is 41.0 Å². The Kier molecular flexibility index (Phi) is 3.93. The number of benzene rings is 3. The molecule has 1 N–H and O–H groups in total. The van der Waals surface area contributed by atoms with Crippen molar-refractivity contribution in [1.82, 2.24) is 10.2 Å². The van der Waals surface area contributed by atoms with E-state index in [4.69, 9.17) is 11.6 Å². The molecule has 4 rings (SSSR count). The summed E-state index contributed by atoms with van der Waals surface area (Å²) in [7, 11) is 0. The fourth-order valence-electron chi connectivity index (χ4n) is 3.42. The summed E-state index contributed by atoms with van der Waals surface area (Å²) in [5.41, 5.74) is 0.555. The Morgan fingerprint density at radius 3 is 2.42 bits per heavy atom. The summed E-state index contributed by atoms with van der Waals surface area (Å²) in [6, 6.07) is 20.4. The largest absolute Gasteiger partial charge is 0.325 e. The molecule has 0 spiro atoms. The summed E-state index contributed by atoms with van der Waals surface area (Å²) < 4.78 is 0. The van der Waals surface area contributed by atoms with Crippen LogP contribution in [0.15, 0.2) is 66.7 Å². The van der Waals surface area contributed by atoms with Crippen molar-refractivity contribution in [2.75, 3.05) is 0 Å². The monoisotopic (exact) mass is 364 g/mol. The number of imide groups is 1. The first-order valence-corrected chi connectivity index (χ1v) is 8.73. The molecule has 0 saturated carbocycles. The number of carbonyl (C=O) groups is 2. The van der Waals surface area contributed by atoms with Crippen LogP contribution in [0.1, 0.15) is 18.1 Å². The number of nitrogens with zero attached hydrogens (tertiary/aromatic N) is 1. The van der Waals surface area contributed by atoms with Gasteiger partial charge in [-0.25, -0.2) is 4.79 Å². The number of urea groups is 1. The van der Waals surface area contributed by atoms with Crippen LogP contribution in [0.4, 0.5) is 4.79 Å². The first-order chi connectivity index (χ1) is 12.5. The molecular formula is C21H17ClN2O2. The standard InChI is InChI=1S/C21H17ClN2O2/c1-21(16-9-11-17(22)12-10-16)19(25)24(20(26)23-21)13-15-7-4-6-14-5-2-3-8-18(14)15/h2-12H,13H2,1H3,(H,23,26). The fraction of sp³-hybridized carbons (Fsp3) is 0.143. The first kappa shape index (κ1) is 16.6. The minimum atomic E-state index is -1.09. The summed E-state index contributed by atoms with van der Waals surface area (Å²) in [6.07, 6.45) is 0. The Bertz CT molecular complexity index is 1010. The van der Waals surface area contributed by atoms with Gasteiger partial charge in [-0.15, -0.1) is 0 Å². The molecule has 1 atom stereocenters. The van der Waals surface area contributed by atoms with E-state index >= 15 is 0 Å². The second-order valence-corrected chi connectivity index (χ2v) is 7.03. The van der Waals surface area contributed by atoms with Gasteiger partial charge in [-0.3, -0.25) is 9.69 Å². The van der Waals surface area contributed by atoms with Gasteiger partial charge in [0.2, 0.25) is 0 Å². The van der Waals surface area contributed by atoms with Crippen LogP contribution in [0.5, 0.6) is 0 Å². The predicted octanol–water partition coefficient (Wildman–Crippen LogP) is 4.46. The normalized spacial score (nSPS) is 19.8. The highest BCUT2D eigenvalue weighted by Crippen LogP contribution is 2.31. The van der Waals surface area contributed by atoms with Gasteiger partial charge in [-0.2, -0.15) is 0 Å². The highest BCUT2D eigenvalue weighted by molar-refractivity contribution is 6.30. The molecule has 1 saturated heterocycles. The summed E-state index contributed by atoms with van der Waals surface area (Å²) in [5, 5.41) is 5.53. The van der Waals surface area contributed by atoms with Crippen LogP contribution in [0.25, 0.3) is 10.8 Å². The van der Waals surface area contributed by atoms with Gasteiger partial charge in [0.05, 0.1) is 6.54 Å². The van der Waals surface area contributed by atoms with Crippen molar-refractivity contribution < 1.29 is 9.59 Å². The minimum absolute atomic E-state index is 0.231. The number of fused-ring (bicyclic) bond motifs is 1. The van der Waals surface area contributed by atoms with Crippen molar-refractivity contribution in [3.8, 4) is 0 Å². The maximum atomic E-state index is 13.1. The maximum absolute atomic E-state index is 13.1. The highest BCUT2D eigenvalue weighted by Gasteiger charge is 2.48. The lowest BCUT2D eigenvalue weighted by Gasteiger charge is -2.22. The third-order valence-electron chi connectivity index (χ3n) is 4.90. The van der Waals surface area contributed by atoms with Crippen molar-refractivity contribution in [2.24, 2.45) is 0 Å². The number of hydrogen-bond acceptors (Lipinski definition) is 2. The molecule has 3 aromatic rings. The molecule has 1 fully saturated rings. The Morgan fingerprint density at radius 1 is 0.962 bits per heavy atom. The molecule has 1 unspecified atom stereocenters. The van der Waals surface area contributed by atoms with Crippen LogP contribution in [0.3, 0.4) is 0 Å². The second kappa shape index (κ2) is 6.15. The summed E-state index contributed by atoms with van der Waals surface area (Å²) >= 11 is 5.94. The molecule has 0 aliphatic carbocycles. The summed E-state index contributed by atoms with van der Waals surface area (Å²) in [6.45, 7) is 1.95. The number of nitrogens with one attached hydrogen (secondary N) is 1. The van der Waals surface area contributed by atoms with Crippen LogP contribution in [-0.2, 0) is 16.9 Å². The van der Waals surface area contributed by atoms with Gasteiger partial charge in [0.25, 0.3) is 5.91 Å². The van der Waals surface area contributed by atoms with Gasteiger partial charge in [-0.1, -0.05) is 66.2 Å². The topological polar surface area (TPSA) is 49.4 Å². The molecule has 0 bridgehead atoms. The van der Waals surface area contributed by atoms with E-state index in [1.165, 1.54) is 4.90 Å². The minimum Gasteiger partial charge on any atom is -0.319 e. The van der Waals surface area contributed by atoms with Crippen molar-refractivity contribution in [2.45, 2.75) is 19.0 Å². The molecule has 0 aromatic heterocycles. The quantitative estimate of drug-likeness (QED) is 0.697. The molecule has 3 amide bonds. The van der Waals surface area contributed by atoms with E-state index in [1.54, 1.807) is 31.2 Å². The molecule has 0 radical (unpaired) electrons. The predicted molar refractivity (Wildman–Crippen MR) is 102 cm³/mol. The molecule has 1 aliphatic heterocycles. The number of carbonyl (C=O) groups excluding carboxylic acids is 2. The Labute approximate surface area is 156 Å². The molecule has 3 aromatic carbocycles.